The molecule has 0 bridgehead atoms. The van der Waals surface area contributed by atoms with Crippen LogP contribution >= 0.6 is 0 Å². The van der Waals surface area contributed by atoms with Crippen LogP contribution in [0.4, 0.5) is 5.69 Å². The Balaban J connectivity index is 1.27. The minimum Gasteiger partial charge on any atom is -0.496 e. The smallest absolute Gasteiger partial charge is 0.342 e. The molecule has 3 aromatic carbocycles. The number of amides is 3. The number of nitrogens with zero attached hydrogens (tertiary/aromatic N) is 1. The van der Waals surface area contributed by atoms with Gasteiger partial charge in [-0.05, 0) is 48.9 Å². The number of anilines is 1. The summed E-state index contributed by atoms with van der Waals surface area (Å²) in [4.78, 5) is 52.3. The largest absolute Gasteiger partial charge is 0.496 e. The Morgan fingerprint density at radius 3 is 2.32 bits per heavy atom. The number of benzene rings is 3. The van der Waals surface area contributed by atoms with Crippen LogP contribution in [0.25, 0.3) is 0 Å². The maximum atomic E-state index is 13.0. The predicted octanol–water partition coefficient (Wildman–Crippen LogP) is 3.45. The van der Waals surface area contributed by atoms with Crippen molar-refractivity contribution in [1.82, 2.24) is 4.90 Å². The van der Waals surface area contributed by atoms with Crippen molar-refractivity contribution in [2.45, 2.75) is 19.6 Å². The third kappa shape index (κ3) is 4.75. The lowest BCUT2D eigenvalue weighted by Gasteiger charge is -2.20. The van der Waals surface area contributed by atoms with Gasteiger partial charge in [0, 0.05) is 11.8 Å². The molecule has 0 aliphatic carbocycles. The lowest BCUT2D eigenvalue weighted by Crippen LogP contribution is -2.30. The molecular formula is C28H24N2O8. The molecule has 10 heteroatoms. The van der Waals surface area contributed by atoms with E-state index in [0.29, 0.717) is 47.1 Å². The van der Waals surface area contributed by atoms with Crippen LogP contribution in [0, 0.1) is 0 Å². The summed E-state index contributed by atoms with van der Waals surface area (Å²) >= 11 is 0. The first-order valence-electron chi connectivity index (χ1n) is 11.9. The first-order chi connectivity index (χ1) is 18.4. The molecule has 0 spiro atoms. The second-order valence-electron chi connectivity index (χ2n) is 8.67. The third-order valence-electron chi connectivity index (χ3n) is 6.17. The van der Waals surface area contributed by atoms with Gasteiger partial charge < -0.3 is 24.3 Å². The van der Waals surface area contributed by atoms with E-state index in [2.05, 4.69) is 5.32 Å². The van der Waals surface area contributed by atoms with Crippen molar-refractivity contribution in [3.63, 3.8) is 0 Å². The number of nitrogens with one attached hydrogen (secondary N) is 1. The summed E-state index contributed by atoms with van der Waals surface area (Å²) in [5, 5.41) is 2.69. The lowest BCUT2D eigenvalue weighted by atomic mass is 10.1. The number of imide groups is 1. The van der Waals surface area contributed by atoms with E-state index in [1.54, 1.807) is 54.6 Å². The van der Waals surface area contributed by atoms with Crippen molar-refractivity contribution in [2.24, 2.45) is 0 Å². The number of carbonyl (C=O) groups excluding carboxylic acids is 4. The highest BCUT2D eigenvalue weighted by Crippen LogP contribution is 2.33. The van der Waals surface area contributed by atoms with Crippen molar-refractivity contribution < 1.29 is 38.1 Å². The van der Waals surface area contributed by atoms with Gasteiger partial charge in [-0.2, -0.15) is 0 Å². The highest BCUT2D eigenvalue weighted by molar-refractivity contribution is 6.21. The van der Waals surface area contributed by atoms with E-state index in [9.17, 15) is 19.2 Å². The fourth-order valence-corrected chi connectivity index (χ4v) is 4.22. The monoisotopic (exact) mass is 516 g/mol. The maximum absolute atomic E-state index is 13.0. The van der Waals surface area contributed by atoms with E-state index < -0.39 is 29.8 Å². The van der Waals surface area contributed by atoms with Gasteiger partial charge in [0.15, 0.2) is 17.6 Å². The van der Waals surface area contributed by atoms with E-state index in [1.165, 1.54) is 20.1 Å². The van der Waals surface area contributed by atoms with Gasteiger partial charge in [0.1, 0.15) is 24.5 Å². The molecule has 1 N–H and O–H groups in total. The van der Waals surface area contributed by atoms with Crippen LogP contribution in [0.15, 0.2) is 60.7 Å². The van der Waals surface area contributed by atoms with Crippen molar-refractivity contribution in [3.05, 3.63) is 82.9 Å². The van der Waals surface area contributed by atoms with Crippen LogP contribution in [-0.4, -0.2) is 55.0 Å². The number of carbonyl (C=O) groups is 4. The number of hydrogen-bond donors (Lipinski definition) is 1. The van der Waals surface area contributed by atoms with Gasteiger partial charge in [-0.25, -0.2) is 4.79 Å². The predicted molar refractivity (Wildman–Crippen MR) is 135 cm³/mol. The second kappa shape index (κ2) is 10.3. The fourth-order valence-electron chi connectivity index (χ4n) is 4.22. The molecule has 0 radical (unpaired) electrons. The van der Waals surface area contributed by atoms with E-state index in [4.69, 9.17) is 18.9 Å². The SMILES string of the molecule is COc1ccc(CN2C(=O)c3ccccc3C2=O)cc1C(=O)OC(C)C(=O)Nc1ccc2c(c1)OCCO2. The molecule has 0 aromatic heterocycles. The zero-order valence-electron chi connectivity index (χ0n) is 20.7. The molecule has 2 heterocycles. The molecule has 1 unspecified atom stereocenters. The molecule has 0 saturated carbocycles. The Morgan fingerprint density at radius 2 is 1.63 bits per heavy atom. The van der Waals surface area contributed by atoms with Gasteiger partial charge in [0.05, 0.1) is 24.8 Å². The summed E-state index contributed by atoms with van der Waals surface area (Å²) in [7, 11) is 1.40. The number of fused-ring (bicyclic) bond motifs is 2. The van der Waals surface area contributed by atoms with Crippen LogP contribution in [0.5, 0.6) is 17.2 Å². The molecule has 5 rings (SSSR count). The van der Waals surface area contributed by atoms with Gasteiger partial charge in [-0.1, -0.05) is 18.2 Å². The molecule has 194 valence electrons. The van der Waals surface area contributed by atoms with Crippen LogP contribution in [0.1, 0.15) is 43.6 Å². The second-order valence-corrected chi connectivity index (χ2v) is 8.67. The summed E-state index contributed by atoms with van der Waals surface area (Å²) in [5.41, 5.74) is 1.70. The first-order valence-corrected chi connectivity index (χ1v) is 11.9. The van der Waals surface area contributed by atoms with E-state index >= 15 is 0 Å². The average Bonchev–Trinajstić information content (AvgIpc) is 3.17. The highest BCUT2D eigenvalue weighted by Gasteiger charge is 2.35. The minimum atomic E-state index is -1.14. The summed E-state index contributed by atoms with van der Waals surface area (Å²) in [6.45, 7) is 2.26. The summed E-state index contributed by atoms with van der Waals surface area (Å²) in [6, 6.07) is 16.2. The van der Waals surface area contributed by atoms with E-state index in [1.807, 2.05) is 0 Å². The molecule has 2 aliphatic heterocycles. The van der Waals surface area contributed by atoms with Gasteiger partial charge in [0.2, 0.25) is 0 Å². The van der Waals surface area contributed by atoms with Gasteiger partial charge >= 0.3 is 5.97 Å². The Labute approximate surface area is 218 Å². The standard InChI is InChI=1S/C28H24N2O8/c1-16(25(31)29-18-8-10-23-24(14-18)37-12-11-36-23)38-28(34)21-13-17(7-9-22(21)35-2)15-30-26(32)19-5-3-4-6-20(19)27(30)33/h3-10,13-14,16H,11-12,15H2,1-2H3,(H,29,31). The molecule has 2 aliphatic rings. The topological polar surface area (TPSA) is 120 Å². The number of rotatable bonds is 7. The lowest BCUT2D eigenvalue weighted by molar-refractivity contribution is -0.123. The van der Waals surface area contributed by atoms with Crippen LogP contribution in [-0.2, 0) is 16.1 Å². The molecule has 1 atom stereocenters. The number of hydrogen-bond acceptors (Lipinski definition) is 8. The van der Waals surface area contributed by atoms with Crippen molar-refractivity contribution in [1.29, 1.82) is 0 Å². The Hall–Kier alpha value is -4.86. The Bertz CT molecular complexity index is 1420. The number of methoxy groups -OCH3 is 1. The molecule has 0 fully saturated rings. The van der Waals surface area contributed by atoms with Crippen LogP contribution in [0.2, 0.25) is 0 Å². The zero-order chi connectivity index (χ0) is 26.8. The molecule has 3 amide bonds. The summed E-state index contributed by atoms with van der Waals surface area (Å²) < 4.78 is 21.7. The highest BCUT2D eigenvalue weighted by atomic mass is 16.6. The van der Waals surface area contributed by atoms with E-state index in [-0.39, 0.29) is 17.9 Å². The minimum absolute atomic E-state index is 0.0449. The van der Waals surface area contributed by atoms with Crippen LogP contribution in [0.3, 0.4) is 0 Å². The third-order valence-corrected chi connectivity index (χ3v) is 6.17. The van der Waals surface area contributed by atoms with Crippen molar-refractivity contribution in [3.8, 4) is 17.2 Å². The van der Waals surface area contributed by atoms with Crippen LogP contribution < -0.4 is 19.5 Å². The van der Waals surface area contributed by atoms with E-state index in [0.717, 1.165) is 4.90 Å². The quantitative estimate of drug-likeness (QED) is 0.375. The normalized spacial score (nSPS) is 14.5. The summed E-state index contributed by atoms with van der Waals surface area (Å²) in [5.74, 6) is -0.835. The molecule has 3 aromatic rings. The van der Waals surface area contributed by atoms with Gasteiger partial charge in [-0.15, -0.1) is 0 Å². The molecule has 0 saturated heterocycles. The summed E-state index contributed by atoms with van der Waals surface area (Å²) in [6.07, 6.45) is -1.14. The first kappa shape index (κ1) is 24.8. The fraction of sp³-hybridized carbons (Fsp3) is 0.214. The van der Waals surface area contributed by atoms with Gasteiger partial charge in [0.25, 0.3) is 17.7 Å². The Kier molecular flexibility index (Phi) is 6.69. The van der Waals surface area contributed by atoms with Crippen molar-refractivity contribution in [2.75, 3.05) is 25.6 Å². The van der Waals surface area contributed by atoms with Gasteiger partial charge in [-0.3, -0.25) is 19.3 Å². The molecule has 10 nitrogen and oxygen atoms in total. The number of ether oxygens (including phenoxy) is 4. The average molecular weight is 517 g/mol. The van der Waals surface area contributed by atoms with Crippen molar-refractivity contribution >= 4 is 29.4 Å². The number of esters is 1. The maximum Gasteiger partial charge on any atom is 0.342 e. The molecular weight excluding hydrogens is 492 g/mol. The Morgan fingerprint density at radius 1 is 0.947 bits per heavy atom. The molecule has 38 heavy (non-hydrogen) atoms. The zero-order valence-corrected chi connectivity index (χ0v) is 20.7.